The van der Waals surface area contributed by atoms with Crippen LogP contribution in [0.25, 0.3) is 0 Å². The highest BCUT2D eigenvalue weighted by molar-refractivity contribution is 7.80. The van der Waals surface area contributed by atoms with Crippen molar-refractivity contribution in [3.8, 4) is 5.75 Å². The highest BCUT2D eigenvalue weighted by Crippen LogP contribution is 2.26. The first kappa shape index (κ1) is 12.4. The summed E-state index contributed by atoms with van der Waals surface area (Å²) in [7, 11) is 1.65. The average molecular weight is 258 g/mol. The topological polar surface area (TPSA) is 47.3 Å². The van der Waals surface area contributed by atoms with Crippen LogP contribution >= 0.6 is 12.2 Å². The Bertz CT molecular complexity index is 552. The largest absolute Gasteiger partial charge is 0.495 e. The fraction of sp³-hybridized carbons (Fsp3) is 0.0714. The molecule has 4 heteroatoms. The molecule has 2 aromatic rings. The average Bonchev–Trinajstić information content (AvgIpc) is 2.40. The minimum absolute atomic E-state index is 0.402. The number of benzene rings is 2. The Morgan fingerprint density at radius 3 is 2.39 bits per heavy atom. The van der Waals surface area contributed by atoms with Crippen molar-refractivity contribution in [3.05, 3.63) is 54.1 Å². The van der Waals surface area contributed by atoms with E-state index < -0.39 is 0 Å². The number of rotatable bonds is 4. The fourth-order valence-corrected chi connectivity index (χ4v) is 1.76. The van der Waals surface area contributed by atoms with Gasteiger partial charge in [-0.25, -0.2) is 0 Å². The van der Waals surface area contributed by atoms with E-state index in [9.17, 15) is 0 Å². The van der Waals surface area contributed by atoms with Crippen molar-refractivity contribution in [1.29, 1.82) is 0 Å². The number of para-hydroxylation sites is 2. The zero-order valence-corrected chi connectivity index (χ0v) is 10.8. The number of anilines is 2. The van der Waals surface area contributed by atoms with Gasteiger partial charge in [-0.2, -0.15) is 0 Å². The van der Waals surface area contributed by atoms with E-state index in [1.807, 2.05) is 48.5 Å². The van der Waals surface area contributed by atoms with E-state index in [1.165, 1.54) is 0 Å². The van der Waals surface area contributed by atoms with Gasteiger partial charge in [0, 0.05) is 11.3 Å². The molecule has 2 rings (SSSR count). The summed E-state index contributed by atoms with van der Waals surface area (Å²) in [6.45, 7) is 0. The first-order valence-corrected chi connectivity index (χ1v) is 5.91. The molecule has 18 heavy (non-hydrogen) atoms. The van der Waals surface area contributed by atoms with Gasteiger partial charge in [-0.3, -0.25) is 0 Å². The third-order valence-electron chi connectivity index (χ3n) is 2.56. The van der Waals surface area contributed by atoms with Crippen LogP contribution in [-0.2, 0) is 0 Å². The third-order valence-corrected chi connectivity index (χ3v) is 2.79. The van der Waals surface area contributed by atoms with Gasteiger partial charge in [0.05, 0.1) is 12.8 Å². The van der Waals surface area contributed by atoms with Crippen molar-refractivity contribution in [3.63, 3.8) is 0 Å². The van der Waals surface area contributed by atoms with Gasteiger partial charge in [-0.05, 0) is 36.4 Å². The molecule has 0 atom stereocenters. The van der Waals surface area contributed by atoms with Crippen molar-refractivity contribution in [2.45, 2.75) is 0 Å². The molecule has 92 valence electrons. The van der Waals surface area contributed by atoms with E-state index in [2.05, 4.69) is 5.32 Å². The molecule has 0 aliphatic heterocycles. The molecule has 0 fully saturated rings. The number of hydrogen-bond donors (Lipinski definition) is 2. The second-order valence-electron chi connectivity index (χ2n) is 3.77. The van der Waals surface area contributed by atoms with Gasteiger partial charge in [-0.1, -0.05) is 24.4 Å². The molecule has 2 aromatic carbocycles. The SMILES string of the molecule is COc1ccccc1Nc1ccc(C(N)=S)cc1. The monoisotopic (exact) mass is 258 g/mol. The molecule has 0 unspecified atom stereocenters. The summed E-state index contributed by atoms with van der Waals surface area (Å²) in [6, 6.07) is 15.4. The van der Waals surface area contributed by atoms with E-state index in [0.29, 0.717) is 4.99 Å². The number of nitrogens with one attached hydrogen (secondary N) is 1. The molecule has 0 bridgehead atoms. The lowest BCUT2D eigenvalue weighted by Crippen LogP contribution is -2.08. The van der Waals surface area contributed by atoms with Crippen molar-refractivity contribution in [2.75, 3.05) is 12.4 Å². The van der Waals surface area contributed by atoms with Crippen LogP contribution in [0.1, 0.15) is 5.56 Å². The van der Waals surface area contributed by atoms with Crippen LogP contribution in [0.2, 0.25) is 0 Å². The summed E-state index contributed by atoms with van der Waals surface area (Å²) in [4.78, 5) is 0.402. The molecule has 0 aromatic heterocycles. The molecule has 0 saturated heterocycles. The second kappa shape index (κ2) is 5.51. The van der Waals surface area contributed by atoms with Gasteiger partial charge in [-0.15, -0.1) is 0 Å². The third kappa shape index (κ3) is 2.78. The number of thiocarbonyl (C=S) groups is 1. The predicted molar refractivity (Wildman–Crippen MR) is 78.6 cm³/mol. The van der Waals surface area contributed by atoms with Crippen molar-refractivity contribution in [1.82, 2.24) is 0 Å². The Kier molecular flexibility index (Phi) is 3.79. The number of ether oxygens (including phenoxy) is 1. The number of hydrogen-bond acceptors (Lipinski definition) is 3. The minimum Gasteiger partial charge on any atom is -0.495 e. The Morgan fingerprint density at radius 2 is 1.78 bits per heavy atom. The Morgan fingerprint density at radius 1 is 1.11 bits per heavy atom. The minimum atomic E-state index is 0.402. The van der Waals surface area contributed by atoms with Crippen LogP contribution in [0.4, 0.5) is 11.4 Å². The summed E-state index contributed by atoms with van der Waals surface area (Å²) >= 11 is 4.91. The number of nitrogens with two attached hydrogens (primary N) is 1. The summed E-state index contributed by atoms with van der Waals surface area (Å²) < 4.78 is 5.28. The molecular formula is C14H14N2OS. The van der Waals surface area contributed by atoms with Crippen LogP contribution in [0.15, 0.2) is 48.5 Å². The van der Waals surface area contributed by atoms with Crippen molar-refractivity contribution in [2.24, 2.45) is 5.73 Å². The van der Waals surface area contributed by atoms with E-state index >= 15 is 0 Å². The first-order valence-electron chi connectivity index (χ1n) is 5.50. The van der Waals surface area contributed by atoms with E-state index in [0.717, 1.165) is 22.7 Å². The zero-order chi connectivity index (χ0) is 13.0. The van der Waals surface area contributed by atoms with Gasteiger partial charge in [0.25, 0.3) is 0 Å². The van der Waals surface area contributed by atoms with Crippen LogP contribution in [0.5, 0.6) is 5.75 Å². The predicted octanol–water partition coefficient (Wildman–Crippen LogP) is 3.07. The smallest absolute Gasteiger partial charge is 0.142 e. The van der Waals surface area contributed by atoms with Gasteiger partial charge < -0.3 is 15.8 Å². The maximum absolute atomic E-state index is 5.55. The normalized spacial score (nSPS) is 9.83. The summed E-state index contributed by atoms with van der Waals surface area (Å²) in [5.41, 5.74) is 8.29. The highest BCUT2D eigenvalue weighted by Gasteiger charge is 2.02. The van der Waals surface area contributed by atoms with Crippen LogP contribution in [0, 0.1) is 0 Å². The molecule has 0 saturated carbocycles. The maximum Gasteiger partial charge on any atom is 0.142 e. The molecule has 0 radical (unpaired) electrons. The lowest BCUT2D eigenvalue weighted by Gasteiger charge is -2.11. The van der Waals surface area contributed by atoms with E-state index in [-0.39, 0.29) is 0 Å². The summed E-state index contributed by atoms with van der Waals surface area (Å²) in [5, 5.41) is 3.28. The second-order valence-corrected chi connectivity index (χ2v) is 4.21. The van der Waals surface area contributed by atoms with Crippen molar-refractivity contribution >= 4 is 28.6 Å². The molecule has 3 nitrogen and oxygen atoms in total. The first-order chi connectivity index (χ1) is 8.70. The Balaban J connectivity index is 2.21. The van der Waals surface area contributed by atoms with Crippen LogP contribution < -0.4 is 15.8 Å². The molecule has 0 aliphatic rings. The zero-order valence-electron chi connectivity index (χ0n) is 10.0. The fourth-order valence-electron chi connectivity index (χ4n) is 1.62. The molecule has 0 amide bonds. The Hall–Kier alpha value is -2.07. The standard InChI is InChI=1S/C14H14N2OS/c1-17-13-5-3-2-4-12(13)16-11-8-6-10(7-9-11)14(15)18/h2-9,16H,1H3,(H2,15,18). The van der Waals surface area contributed by atoms with Crippen molar-refractivity contribution < 1.29 is 4.74 Å². The van der Waals surface area contributed by atoms with E-state index in [1.54, 1.807) is 7.11 Å². The maximum atomic E-state index is 5.55. The van der Waals surface area contributed by atoms with Gasteiger partial charge >= 0.3 is 0 Å². The van der Waals surface area contributed by atoms with E-state index in [4.69, 9.17) is 22.7 Å². The summed E-state index contributed by atoms with van der Waals surface area (Å²) in [5.74, 6) is 0.802. The summed E-state index contributed by atoms with van der Waals surface area (Å²) in [6.07, 6.45) is 0. The quantitative estimate of drug-likeness (QED) is 0.827. The molecule has 0 heterocycles. The highest BCUT2D eigenvalue weighted by atomic mass is 32.1. The van der Waals surface area contributed by atoms with Crippen LogP contribution in [0.3, 0.4) is 0 Å². The van der Waals surface area contributed by atoms with Gasteiger partial charge in [0.1, 0.15) is 10.7 Å². The van der Waals surface area contributed by atoms with Gasteiger partial charge in [0.15, 0.2) is 0 Å². The van der Waals surface area contributed by atoms with Gasteiger partial charge in [0.2, 0.25) is 0 Å². The molecule has 0 spiro atoms. The lowest BCUT2D eigenvalue weighted by atomic mass is 10.2. The molecular weight excluding hydrogens is 244 g/mol. The lowest BCUT2D eigenvalue weighted by molar-refractivity contribution is 0.417. The number of methoxy groups -OCH3 is 1. The molecule has 3 N–H and O–H groups in total. The Labute approximate surface area is 112 Å². The molecule has 0 aliphatic carbocycles. The van der Waals surface area contributed by atoms with Crippen LogP contribution in [-0.4, -0.2) is 12.1 Å².